The van der Waals surface area contributed by atoms with Crippen LogP contribution in [0.5, 0.6) is 5.75 Å². The number of rotatable bonds is 8. The molecule has 0 spiro atoms. The van der Waals surface area contributed by atoms with Crippen molar-refractivity contribution < 1.29 is 9.53 Å². The van der Waals surface area contributed by atoms with Gasteiger partial charge in [-0.05, 0) is 24.0 Å². The van der Waals surface area contributed by atoms with Crippen molar-refractivity contribution in [2.45, 2.75) is 32.7 Å². The highest BCUT2D eigenvalue weighted by Gasteiger charge is 2.11. The number of para-hydroxylation sites is 1. The number of hydrogen-bond acceptors (Lipinski definition) is 5. The molecule has 2 aromatic rings. The van der Waals surface area contributed by atoms with Gasteiger partial charge in [-0.1, -0.05) is 32.0 Å². The quantitative estimate of drug-likeness (QED) is 0.795. The van der Waals surface area contributed by atoms with Crippen LogP contribution in [0.1, 0.15) is 37.4 Å². The maximum atomic E-state index is 12.0. The van der Waals surface area contributed by atoms with Gasteiger partial charge in [-0.15, -0.1) is 11.3 Å². The van der Waals surface area contributed by atoms with E-state index in [0.717, 1.165) is 28.6 Å². The van der Waals surface area contributed by atoms with Crippen molar-refractivity contribution in [1.29, 1.82) is 0 Å². The van der Waals surface area contributed by atoms with Gasteiger partial charge < -0.3 is 15.0 Å². The number of ether oxygens (including phenoxy) is 1. The third-order valence-corrected chi connectivity index (χ3v) is 4.87. The van der Waals surface area contributed by atoms with Crippen LogP contribution in [0.15, 0.2) is 29.6 Å². The Balaban J connectivity index is 1.85. The van der Waals surface area contributed by atoms with E-state index in [1.807, 2.05) is 42.6 Å². The molecule has 0 unspecified atom stereocenters. The molecular formula is C18H25N3O2S. The molecule has 1 N–H and O–H groups in total. The molecule has 0 aliphatic heterocycles. The summed E-state index contributed by atoms with van der Waals surface area (Å²) in [6.45, 7) is 4.73. The van der Waals surface area contributed by atoms with Crippen molar-refractivity contribution in [3.63, 3.8) is 0 Å². The van der Waals surface area contributed by atoms with Gasteiger partial charge in [0.05, 0.1) is 12.2 Å². The van der Waals surface area contributed by atoms with E-state index in [-0.39, 0.29) is 12.5 Å². The minimum atomic E-state index is -0.145. The summed E-state index contributed by atoms with van der Waals surface area (Å²) in [4.78, 5) is 18.4. The van der Waals surface area contributed by atoms with Crippen LogP contribution in [0, 0.1) is 0 Å². The van der Waals surface area contributed by atoms with Gasteiger partial charge in [0.25, 0.3) is 5.91 Å². The molecule has 0 bridgehead atoms. The Morgan fingerprint density at radius 2 is 2.12 bits per heavy atom. The van der Waals surface area contributed by atoms with Gasteiger partial charge >= 0.3 is 0 Å². The van der Waals surface area contributed by atoms with Crippen molar-refractivity contribution in [1.82, 2.24) is 10.3 Å². The molecule has 24 heavy (non-hydrogen) atoms. The average molecular weight is 347 g/mol. The van der Waals surface area contributed by atoms with Gasteiger partial charge in [-0.3, -0.25) is 4.79 Å². The first kappa shape index (κ1) is 18.3. The summed E-state index contributed by atoms with van der Waals surface area (Å²) < 4.78 is 5.72. The standard InChI is InChI=1S/C18H25N3O2S/c1-5-13(2)15-8-6-7-9-16(15)23-11-17(22)19-10-14-12-24-18(20-14)21(3)4/h6-9,12-13H,5,10-11H2,1-4H3,(H,19,22)/t13-/m1/s1. The lowest BCUT2D eigenvalue weighted by Crippen LogP contribution is -2.28. The Morgan fingerprint density at radius 3 is 2.79 bits per heavy atom. The van der Waals surface area contributed by atoms with Gasteiger partial charge in [-0.25, -0.2) is 4.98 Å². The van der Waals surface area contributed by atoms with Gasteiger partial charge in [0.1, 0.15) is 5.75 Å². The van der Waals surface area contributed by atoms with E-state index in [0.29, 0.717) is 12.5 Å². The molecule has 0 saturated heterocycles. The van der Waals surface area contributed by atoms with Crippen LogP contribution in [-0.2, 0) is 11.3 Å². The second kappa shape index (κ2) is 8.68. The SMILES string of the molecule is CC[C@@H](C)c1ccccc1OCC(=O)NCc1csc(N(C)C)n1. The first-order chi connectivity index (χ1) is 11.5. The summed E-state index contributed by atoms with van der Waals surface area (Å²) in [6, 6.07) is 7.90. The van der Waals surface area contributed by atoms with Crippen molar-refractivity contribution in [3.8, 4) is 5.75 Å². The predicted molar refractivity (Wildman–Crippen MR) is 98.9 cm³/mol. The zero-order chi connectivity index (χ0) is 17.5. The molecule has 5 nitrogen and oxygen atoms in total. The summed E-state index contributed by atoms with van der Waals surface area (Å²) >= 11 is 1.56. The van der Waals surface area contributed by atoms with E-state index in [9.17, 15) is 4.79 Å². The Kier molecular flexibility index (Phi) is 6.61. The van der Waals surface area contributed by atoms with Crippen LogP contribution in [0.3, 0.4) is 0 Å². The van der Waals surface area contributed by atoms with Crippen molar-refractivity contribution in [2.75, 3.05) is 25.6 Å². The Labute approximate surface area is 147 Å². The van der Waals surface area contributed by atoms with Crippen molar-refractivity contribution in [3.05, 3.63) is 40.9 Å². The van der Waals surface area contributed by atoms with Gasteiger partial charge in [-0.2, -0.15) is 0 Å². The molecule has 0 saturated carbocycles. The first-order valence-corrected chi connectivity index (χ1v) is 8.99. The van der Waals surface area contributed by atoms with Crippen molar-refractivity contribution in [2.24, 2.45) is 0 Å². The minimum absolute atomic E-state index is 0.0120. The van der Waals surface area contributed by atoms with Crippen molar-refractivity contribution >= 4 is 22.4 Å². The number of hydrogen-bond donors (Lipinski definition) is 1. The maximum absolute atomic E-state index is 12.0. The smallest absolute Gasteiger partial charge is 0.258 e. The van der Waals surface area contributed by atoms with E-state index >= 15 is 0 Å². The molecular weight excluding hydrogens is 322 g/mol. The van der Waals surface area contributed by atoms with Crippen LogP contribution in [-0.4, -0.2) is 31.6 Å². The fourth-order valence-electron chi connectivity index (χ4n) is 2.21. The van der Waals surface area contributed by atoms with Crippen LogP contribution >= 0.6 is 11.3 Å². The van der Waals surface area contributed by atoms with E-state index in [4.69, 9.17) is 4.74 Å². The number of anilines is 1. The number of thiazole rings is 1. The molecule has 0 radical (unpaired) electrons. The highest BCUT2D eigenvalue weighted by molar-refractivity contribution is 7.13. The Bertz CT molecular complexity index is 670. The third kappa shape index (κ3) is 4.96. The largest absolute Gasteiger partial charge is 0.483 e. The summed E-state index contributed by atoms with van der Waals surface area (Å²) in [5.74, 6) is 1.04. The predicted octanol–water partition coefficient (Wildman–Crippen LogP) is 3.42. The number of carbonyl (C=O) groups is 1. The fraction of sp³-hybridized carbons (Fsp3) is 0.444. The fourth-order valence-corrected chi connectivity index (χ4v) is 2.96. The number of carbonyl (C=O) groups excluding carboxylic acids is 1. The zero-order valence-corrected chi connectivity index (χ0v) is 15.5. The summed E-state index contributed by atoms with van der Waals surface area (Å²) in [5, 5.41) is 5.73. The van der Waals surface area contributed by atoms with Crippen LogP contribution in [0.2, 0.25) is 0 Å². The van der Waals surface area contributed by atoms with Gasteiger partial charge in [0.15, 0.2) is 11.7 Å². The second-order valence-electron chi connectivity index (χ2n) is 5.93. The van der Waals surface area contributed by atoms with Gasteiger partial charge in [0.2, 0.25) is 0 Å². The number of nitrogens with one attached hydrogen (secondary N) is 1. The van der Waals surface area contributed by atoms with Gasteiger partial charge in [0, 0.05) is 19.5 Å². The lowest BCUT2D eigenvalue weighted by atomic mass is 9.98. The van der Waals surface area contributed by atoms with E-state index in [2.05, 4.69) is 30.2 Å². The zero-order valence-electron chi connectivity index (χ0n) is 14.7. The lowest BCUT2D eigenvalue weighted by Gasteiger charge is -2.15. The molecule has 0 fully saturated rings. The summed E-state index contributed by atoms with van der Waals surface area (Å²) in [7, 11) is 3.90. The normalized spacial score (nSPS) is 11.8. The molecule has 0 aliphatic carbocycles. The molecule has 2 rings (SSSR count). The molecule has 1 heterocycles. The minimum Gasteiger partial charge on any atom is -0.483 e. The molecule has 0 aliphatic rings. The lowest BCUT2D eigenvalue weighted by molar-refractivity contribution is -0.123. The Hall–Kier alpha value is -2.08. The molecule has 6 heteroatoms. The first-order valence-electron chi connectivity index (χ1n) is 8.11. The maximum Gasteiger partial charge on any atom is 0.258 e. The van der Waals surface area contributed by atoms with E-state index in [1.165, 1.54) is 0 Å². The molecule has 1 aromatic carbocycles. The van der Waals surface area contributed by atoms with Crippen LogP contribution < -0.4 is 15.0 Å². The third-order valence-electron chi connectivity index (χ3n) is 3.81. The topological polar surface area (TPSA) is 54.5 Å². The molecule has 130 valence electrons. The number of nitrogens with zero attached hydrogens (tertiary/aromatic N) is 2. The molecule has 1 atom stereocenters. The molecule has 1 aromatic heterocycles. The Morgan fingerprint density at radius 1 is 1.38 bits per heavy atom. The monoisotopic (exact) mass is 347 g/mol. The van der Waals surface area contributed by atoms with Crippen LogP contribution in [0.4, 0.5) is 5.13 Å². The number of benzene rings is 1. The molecule has 1 amide bonds. The van der Waals surface area contributed by atoms with E-state index < -0.39 is 0 Å². The second-order valence-corrected chi connectivity index (χ2v) is 6.76. The van der Waals surface area contributed by atoms with Crippen LogP contribution in [0.25, 0.3) is 0 Å². The highest BCUT2D eigenvalue weighted by atomic mass is 32.1. The average Bonchev–Trinajstić information content (AvgIpc) is 3.07. The van der Waals surface area contributed by atoms with E-state index in [1.54, 1.807) is 11.3 Å². The number of aromatic nitrogens is 1. The highest BCUT2D eigenvalue weighted by Crippen LogP contribution is 2.28. The number of amides is 1. The summed E-state index contributed by atoms with van der Waals surface area (Å²) in [6.07, 6.45) is 1.03. The summed E-state index contributed by atoms with van der Waals surface area (Å²) in [5.41, 5.74) is 2.00.